The summed E-state index contributed by atoms with van der Waals surface area (Å²) in [5.41, 5.74) is 0.551. The molecule has 1 atom stereocenters. The smallest absolute Gasteiger partial charge is 0.335 e. The average Bonchev–Trinajstić information content (AvgIpc) is 2.59. The van der Waals surface area contributed by atoms with Crippen molar-refractivity contribution in [2.45, 2.75) is 32.2 Å². The lowest BCUT2D eigenvalue weighted by molar-refractivity contribution is 0.0488. The van der Waals surface area contributed by atoms with Gasteiger partial charge in [0.15, 0.2) is 0 Å². The molecule has 1 unspecified atom stereocenters. The van der Waals surface area contributed by atoms with Crippen molar-refractivity contribution < 1.29 is 19.5 Å². The monoisotopic (exact) mass is 273 g/mol. The van der Waals surface area contributed by atoms with Gasteiger partial charge < -0.3 is 5.11 Å². The second-order valence-electron chi connectivity index (χ2n) is 5.48. The zero-order valence-corrected chi connectivity index (χ0v) is 11.1. The Morgan fingerprint density at radius 1 is 1.25 bits per heavy atom. The van der Waals surface area contributed by atoms with Crippen LogP contribution in [0.15, 0.2) is 18.2 Å². The van der Waals surface area contributed by atoms with Gasteiger partial charge in [-0.1, -0.05) is 6.42 Å². The van der Waals surface area contributed by atoms with Gasteiger partial charge in [0.2, 0.25) is 0 Å². The number of carbonyl (C=O) groups is 3. The van der Waals surface area contributed by atoms with Gasteiger partial charge in [-0.25, -0.2) is 4.79 Å². The third-order valence-electron chi connectivity index (χ3n) is 4.40. The fraction of sp³-hybridized carbons (Fsp3) is 0.400. The lowest BCUT2D eigenvalue weighted by atomic mass is 9.80. The zero-order chi connectivity index (χ0) is 14.4. The van der Waals surface area contributed by atoms with E-state index in [1.807, 2.05) is 6.92 Å². The number of carboxylic acid groups (broad SMARTS) is 1. The van der Waals surface area contributed by atoms with Crippen LogP contribution in [0.4, 0.5) is 0 Å². The molecule has 1 N–H and O–H groups in total. The summed E-state index contributed by atoms with van der Waals surface area (Å²) in [6.07, 6.45) is 3.21. The second-order valence-corrected chi connectivity index (χ2v) is 5.48. The van der Waals surface area contributed by atoms with E-state index >= 15 is 0 Å². The predicted molar refractivity (Wildman–Crippen MR) is 70.7 cm³/mol. The molecule has 1 fully saturated rings. The van der Waals surface area contributed by atoms with E-state index in [-0.39, 0.29) is 29.0 Å². The van der Waals surface area contributed by atoms with Crippen LogP contribution < -0.4 is 0 Å². The molecule has 104 valence electrons. The third-order valence-corrected chi connectivity index (χ3v) is 4.40. The topological polar surface area (TPSA) is 74.7 Å². The maximum absolute atomic E-state index is 12.4. The van der Waals surface area contributed by atoms with Crippen LogP contribution in [0.25, 0.3) is 0 Å². The molecule has 1 saturated carbocycles. The van der Waals surface area contributed by atoms with Crippen LogP contribution in [0.2, 0.25) is 0 Å². The van der Waals surface area contributed by atoms with E-state index in [9.17, 15) is 14.4 Å². The van der Waals surface area contributed by atoms with Gasteiger partial charge in [0.05, 0.1) is 16.7 Å². The largest absolute Gasteiger partial charge is 0.478 e. The number of hydrogen-bond donors (Lipinski definition) is 1. The molecule has 3 rings (SSSR count). The Morgan fingerprint density at radius 2 is 1.90 bits per heavy atom. The van der Waals surface area contributed by atoms with Gasteiger partial charge in [0.25, 0.3) is 11.8 Å². The number of hydrogen-bond acceptors (Lipinski definition) is 3. The number of carboxylic acids is 1. The number of benzene rings is 1. The number of carbonyl (C=O) groups excluding carboxylic acids is 2. The van der Waals surface area contributed by atoms with Gasteiger partial charge in [0, 0.05) is 6.04 Å². The SMILES string of the molecule is CC(C1CCC1)N1C(=O)c2ccc(C(=O)O)cc2C1=O. The van der Waals surface area contributed by atoms with Crippen molar-refractivity contribution in [1.29, 1.82) is 0 Å². The Morgan fingerprint density at radius 3 is 2.45 bits per heavy atom. The Balaban J connectivity index is 1.96. The van der Waals surface area contributed by atoms with E-state index in [1.54, 1.807) is 0 Å². The molecular formula is C15H15NO4. The first-order valence-electron chi connectivity index (χ1n) is 6.76. The lowest BCUT2D eigenvalue weighted by Crippen LogP contribution is -2.44. The minimum absolute atomic E-state index is 0.0306. The van der Waals surface area contributed by atoms with Crippen molar-refractivity contribution in [3.8, 4) is 0 Å². The van der Waals surface area contributed by atoms with E-state index in [2.05, 4.69) is 0 Å². The fourth-order valence-corrected chi connectivity index (χ4v) is 2.90. The highest BCUT2D eigenvalue weighted by Crippen LogP contribution is 2.35. The number of amides is 2. The highest BCUT2D eigenvalue weighted by molar-refractivity contribution is 6.22. The molecule has 2 amide bonds. The van der Waals surface area contributed by atoms with Gasteiger partial charge >= 0.3 is 5.97 Å². The van der Waals surface area contributed by atoms with Crippen LogP contribution in [-0.4, -0.2) is 33.8 Å². The standard InChI is InChI=1S/C15H15NO4/c1-8(9-3-2-4-9)16-13(17)11-6-5-10(15(19)20)7-12(11)14(16)18/h5-9H,2-4H2,1H3,(H,19,20). The molecule has 1 aromatic rings. The number of rotatable bonds is 3. The molecular weight excluding hydrogens is 258 g/mol. The van der Waals surface area contributed by atoms with E-state index in [0.717, 1.165) is 19.3 Å². The van der Waals surface area contributed by atoms with E-state index in [4.69, 9.17) is 5.11 Å². The summed E-state index contributed by atoms with van der Waals surface area (Å²) in [5.74, 6) is -1.40. The molecule has 0 spiro atoms. The maximum Gasteiger partial charge on any atom is 0.335 e. The average molecular weight is 273 g/mol. The van der Waals surface area contributed by atoms with Gasteiger partial charge in [-0.2, -0.15) is 0 Å². The van der Waals surface area contributed by atoms with E-state index in [1.165, 1.54) is 23.1 Å². The zero-order valence-electron chi connectivity index (χ0n) is 11.1. The molecule has 0 radical (unpaired) electrons. The molecule has 5 heteroatoms. The number of fused-ring (bicyclic) bond motifs is 1. The molecule has 1 aliphatic heterocycles. The predicted octanol–water partition coefficient (Wildman–Crippen LogP) is 2.17. The summed E-state index contributed by atoms with van der Waals surface area (Å²) >= 11 is 0. The van der Waals surface area contributed by atoms with Gasteiger partial charge in [-0.05, 0) is 43.9 Å². The van der Waals surface area contributed by atoms with Crippen LogP contribution in [-0.2, 0) is 0 Å². The van der Waals surface area contributed by atoms with E-state index < -0.39 is 5.97 Å². The number of imide groups is 1. The summed E-state index contributed by atoms with van der Waals surface area (Å²) in [6, 6.07) is 3.98. The van der Waals surface area contributed by atoms with Crippen LogP contribution in [0.1, 0.15) is 57.3 Å². The highest BCUT2D eigenvalue weighted by atomic mass is 16.4. The van der Waals surface area contributed by atoms with Gasteiger partial charge in [-0.3, -0.25) is 14.5 Å². The Kier molecular flexibility index (Phi) is 2.85. The third kappa shape index (κ3) is 1.73. The molecule has 1 aliphatic carbocycles. The van der Waals surface area contributed by atoms with Gasteiger partial charge in [-0.15, -0.1) is 0 Å². The Labute approximate surface area is 116 Å². The first-order valence-corrected chi connectivity index (χ1v) is 6.76. The van der Waals surface area contributed by atoms with Crippen LogP contribution in [0, 0.1) is 5.92 Å². The summed E-state index contributed by atoms with van der Waals surface area (Å²) < 4.78 is 0. The molecule has 2 aliphatic rings. The van der Waals surface area contributed by atoms with Crippen molar-refractivity contribution in [2.75, 3.05) is 0 Å². The molecule has 5 nitrogen and oxygen atoms in total. The summed E-state index contributed by atoms with van der Waals surface area (Å²) in [5, 5.41) is 8.97. The van der Waals surface area contributed by atoms with Crippen molar-refractivity contribution >= 4 is 17.8 Å². The lowest BCUT2D eigenvalue weighted by Gasteiger charge is -2.35. The Hall–Kier alpha value is -2.17. The van der Waals surface area contributed by atoms with Crippen LogP contribution in [0.3, 0.4) is 0 Å². The number of aromatic carboxylic acids is 1. The van der Waals surface area contributed by atoms with Crippen molar-refractivity contribution in [1.82, 2.24) is 4.90 Å². The molecule has 0 bridgehead atoms. The van der Waals surface area contributed by atoms with Crippen molar-refractivity contribution in [3.05, 3.63) is 34.9 Å². The van der Waals surface area contributed by atoms with Crippen molar-refractivity contribution in [3.63, 3.8) is 0 Å². The minimum Gasteiger partial charge on any atom is -0.478 e. The Bertz CT molecular complexity index is 618. The van der Waals surface area contributed by atoms with Crippen molar-refractivity contribution in [2.24, 2.45) is 5.92 Å². The fourth-order valence-electron chi connectivity index (χ4n) is 2.90. The summed E-state index contributed by atoms with van der Waals surface area (Å²) in [4.78, 5) is 37.0. The second kappa shape index (κ2) is 4.44. The van der Waals surface area contributed by atoms with Crippen LogP contribution in [0.5, 0.6) is 0 Å². The minimum atomic E-state index is -1.10. The molecule has 20 heavy (non-hydrogen) atoms. The molecule has 0 aromatic heterocycles. The quantitative estimate of drug-likeness (QED) is 0.856. The first kappa shape index (κ1) is 12.8. The first-order chi connectivity index (χ1) is 9.50. The molecule has 0 saturated heterocycles. The van der Waals surface area contributed by atoms with Crippen LogP contribution >= 0.6 is 0 Å². The highest BCUT2D eigenvalue weighted by Gasteiger charge is 2.42. The maximum atomic E-state index is 12.4. The summed E-state index contributed by atoms with van der Waals surface area (Å²) in [7, 11) is 0. The normalized spacial score (nSPS) is 19.8. The number of nitrogens with zero attached hydrogens (tertiary/aromatic N) is 1. The summed E-state index contributed by atoms with van der Waals surface area (Å²) in [6.45, 7) is 1.89. The van der Waals surface area contributed by atoms with E-state index in [0.29, 0.717) is 11.5 Å². The molecule has 1 aromatic carbocycles. The molecule has 1 heterocycles. The van der Waals surface area contributed by atoms with Gasteiger partial charge in [0.1, 0.15) is 0 Å².